The van der Waals surface area contributed by atoms with Crippen molar-refractivity contribution in [2.45, 2.75) is 50.9 Å². The van der Waals surface area contributed by atoms with Crippen LogP contribution in [0.4, 0.5) is 0 Å². The Balaban J connectivity index is 1.91. The molecule has 1 aliphatic rings. The Labute approximate surface area is 130 Å². The van der Waals surface area contributed by atoms with Gasteiger partial charge in [-0.15, -0.1) is 11.6 Å². The van der Waals surface area contributed by atoms with Gasteiger partial charge in [0.15, 0.2) is 0 Å². The van der Waals surface area contributed by atoms with Crippen LogP contribution in [0.3, 0.4) is 0 Å². The first kappa shape index (κ1) is 14.2. The monoisotopic (exact) mass is 310 g/mol. The van der Waals surface area contributed by atoms with E-state index in [2.05, 4.69) is 15.6 Å². The van der Waals surface area contributed by atoms with Gasteiger partial charge in [0.25, 0.3) is 0 Å². The smallest absolute Gasteiger partial charge is 0.127 e. The molecule has 1 aliphatic carbocycles. The van der Waals surface area contributed by atoms with Gasteiger partial charge in [-0.1, -0.05) is 37.3 Å². The lowest BCUT2D eigenvalue weighted by atomic mass is 10.0. The van der Waals surface area contributed by atoms with Gasteiger partial charge in [-0.3, -0.25) is 0 Å². The number of benzene rings is 1. The van der Waals surface area contributed by atoms with Crippen molar-refractivity contribution in [3.63, 3.8) is 0 Å². The highest BCUT2D eigenvalue weighted by Gasteiger charge is 2.18. The van der Waals surface area contributed by atoms with Gasteiger partial charge in [0, 0.05) is 11.6 Å². The lowest BCUT2D eigenvalue weighted by Crippen LogP contribution is -2.08. The molecule has 1 aromatic carbocycles. The van der Waals surface area contributed by atoms with Gasteiger partial charge in [-0.25, -0.2) is 4.98 Å². The summed E-state index contributed by atoms with van der Waals surface area (Å²) in [6, 6.07) is 5.91. The van der Waals surface area contributed by atoms with E-state index in [1.807, 2.05) is 19.1 Å². The Kier molecular flexibility index (Phi) is 4.23. The Hall–Kier alpha value is -0.730. The van der Waals surface area contributed by atoms with Gasteiger partial charge in [0.1, 0.15) is 5.82 Å². The predicted octanol–water partition coefficient (Wildman–Crippen LogP) is 5.57. The van der Waals surface area contributed by atoms with Gasteiger partial charge in [-0.2, -0.15) is 0 Å². The standard InChI is InChI=1S/C16H20Cl2N2/c1-11(17)16-19-14-10-13(18)6-7-15(14)20(16)9-8-12-4-2-3-5-12/h6-7,10-12H,2-5,8-9H2,1H3. The average molecular weight is 311 g/mol. The lowest BCUT2D eigenvalue weighted by molar-refractivity contribution is 0.456. The molecule has 4 heteroatoms. The van der Waals surface area contributed by atoms with Gasteiger partial charge in [0.05, 0.1) is 16.4 Å². The lowest BCUT2D eigenvalue weighted by Gasteiger charge is -2.13. The summed E-state index contributed by atoms with van der Waals surface area (Å²) < 4.78 is 2.28. The summed E-state index contributed by atoms with van der Waals surface area (Å²) in [4.78, 5) is 4.66. The second kappa shape index (κ2) is 5.95. The maximum Gasteiger partial charge on any atom is 0.127 e. The van der Waals surface area contributed by atoms with E-state index in [4.69, 9.17) is 23.2 Å². The van der Waals surface area contributed by atoms with Crippen LogP contribution in [0.1, 0.15) is 50.2 Å². The molecule has 1 saturated carbocycles. The summed E-state index contributed by atoms with van der Waals surface area (Å²) in [5.41, 5.74) is 2.10. The molecule has 1 aromatic heterocycles. The fourth-order valence-corrected chi connectivity index (χ4v) is 3.60. The number of alkyl halides is 1. The Bertz CT molecular complexity index is 598. The van der Waals surface area contributed by atoms with Gasteiger partial charge < -0.3 is 4.57 Å². The van der Waals surface area contributed by atoms with Crippen LogP contribution >= 0.6 is 23.2 Å². The van der Waals surface area contributed by atoms with Crippen molar-refractivity contribution < 1.29 is 0 Å². The summed E-state index contributed by atoms with van der Waals surface area (Å²) in [6.07, 6.45) is 6.77. The summed E-state index contributed by atoms with van der Waals surface area (Å²) >= 11 is 12.4. The minimum absolute atomic E-state index is 0.0789. The van der Waals surface area contributed by atoms with Crippen LogP contribution in [0, 0.1) is 5.92 Å². The first-order valence-corrected chi connectivity index (χ1v) is 8.26. The van der Waals surface area contributed by atoms with Crippen LogP contribution in [0.25, 0.3) is 11.0 Å². The quantitative estimate of drug-likeness (QED) is 0.675. The molecule has 1 atom stereocenters. The Morgan fingerprint density at radius 1 is 1.35 bits per heavy atom. The van der Waals surface area contributed by atoms with Crippen molar-refractivity contribution in [1.82, 2.24) is 9.55 Å². The minimum Gasteiger partial charge on any atom is -0.327 e. The second-order valence-corrected chi connectivity index (χ2v) is 6.90. The molecule has 3 rings (SSSR count). The van der Waals surface area contributed by atoms with Crippen molar-refractivity contribution in [2.75, 3.05) is 0 Å². The number of hydrogen-bond donors (Lipinski definition) is 0. The summed E-state index contributed by atoms with van der Waals surface area (Å²) in [5, 5.41) is 0.650. The fraction of sp³-hybridized carbons (Fsp3) is 0.562. The van der Waals surface area contributed by atoms with E-state index in [1.165, 1.54) is 32.1 Å². The first-order valence-electron chi connectivity index (χ1n) is 7.45. The highest BCUT2D eigenvalue weighted by Crippen LogP contribution is 2.31. The van der Waals surface area contributed by atoms with Gasteiger partial charge >= 0.3 is 0 Å². The fourth-order valence-electron chi connectivity index (χ4n) is 3.27. The maximum absolute atomic E-state index is 6.30. The zero-order valence-corrected chi connectivity index (χ0v) is 13.3. The molecule has 20 heavy (non-hydrogen) atoms. The molecule has 2 aromatic rings. The summed E-state index contributed by atoms with van der Waals surface area (Å²) in [5.74, 6) is 1.83. The molecule has 108 valence electrons. The van der Waals surface area contributed by atoms with E-state index in [9.17, 15) is 0 Å². The van der Waals surface area contributed by atoms with Crippen LogP contribution in [0.15, 0.2) is 18.2 Å². The number of hydrogen-bond acceptors (Lipinski definition) is 1. The SMILES string of the molecule is CC(Cl)c1nc2cc(Cl)ccc2n1CCC1CCCC1. The zero-order valence-electron chi connectivity index (χ0n) is 11.8. The van der Waals surface area contributed by atoms with Crippen LogP contribution in [0.2, 0.25) is 5.02 Å². The van der Waals surface area contributed by atoms with Crippen molar-refractivity contribution in [1.29, 1.82) is 0 Å². The molecule has 0 spiro atoms. The highest BCUT2D eigenvalue weighted by atomic mass is 35.5. The van der Waals surface area contributed by atoms with Crippen LogP contribution < -0.4 is 0 Å². The predicted molar refractivity (Wildman–Crippen MR) is 85.6 cm³/mol. The molecule has 0 N–H and O–H groups in total. The number of imidazole rings is 1. The van der Waals surface area contributed by atoms with E-state index < -0.39 is 0 Å². The molecule has 1 heterocycles. The van der Waals surface area contributed by atoms with Crippen molar-refractivity contribution in [2.24, 2.45) is 5.92 Å². The number of nitrogens with zero attached hydrogens (tertiary/aromatic N) is 2. The number of aromatic nitrogens is 2. The molecule has 2 nitrogen and oxygen atoms in total. The molecule has 0 amide bonds. The molecule has 0 saturated heterocycles. The van der Waals surface area contributed by atoms with Crippen LogP contribution in [-0.4, -0.2) is 9.55 Å². The molecular formula is C16H20Cl2N2. The topological polar surface area (TPSA) is 17.8 Å². The Morgan fingerprint density at radius 3 is 2.80 bits per heavy atom. The summed E-state index contributed by atoms with van der Waals surface area (Å²) in [6.45, 7) is 2.99. The molecule has 0 radical (unpaired) electrons. The molecule has 1 unspecified atom stereocenters. The van der Waals surface area contributed by atoms with E-state index in [-0.39, 0.29) is 5.38 Å². The number of halogens is 2. The van der Waals surface area contributed by atoms with E-state index >= 15 is 0 Å². The molecule has 0 bridgehead atoms. The summed E-state index contributed by atoms with van der Waals surface area (Å²) in [7, 11) is 0. The third kappa shape index (κ3) is 2.82. The number of aryl methyl sites for hydroxylation is 1. The largest absolute Gasteiger partial charge is 0.327 e. The average Bonchev–Trinajstić information content (AvgIpc) is 3.02. The van der Waals surface area contributed by atoms with E-state index in [0.717, 1.165) is 34.3 Å². The highest BCUT2D eigenvalue weighted by molar-refractivity contribution is 6.31. The first-order chi connectivity index (χ1) is 9.65. The van der Waals surface area contributed by atoms with Crippen molar-refractivity contribution in [3.05, 3.63) is 29.0 Å². The van der Waals surface area contributed by atoms with E-state index in [1.54, 1.807) is 0 Å². The van der Waals surface area contributed by atoms with E-state index in [0.29, 0.717) is 0 Å². The van der Waals surface area contributed by atoms with Crippen LogP contribution in [0.5, 0.6) is 0 Å². The maximum atomic E-state index is 6.30. The van der Waals surface area contributed by atoms with Crippen molar-refractivity contribution >= 4 is 34.2 Å². The minimum atomic E-state index is -0.0789. The Morgan fingerprint density at radius 2 is 2.10 bits per heavy atom. The van der Waals surface area contributed by atoms with Gasteiger partial charge in [-0.05, 0) is 37.5 Å². The zero-order chi connectivity index (χ0) is 14.1. The second-order valence-electron chi connectivity index (χ2n) is 5.81. The normalized spacial score (nSPS) is 17.9. The third-order valence-corrected chi connectivity index (χ3v) is 4.76. The van der Waals surface area contributed by atoms with Crippen molar-refractivity contribution in [3.8, 4) is 0 Å². The molecule has 0 aliphatic heterocycles. The molecule has 1 fully saturated rings. The number of fused-ring (bicyclic) bond motifs is 1. The third-order valence-electron chi connectivity index (χ3n) is 4.33. The van der Waals surface area contributed by atoms with Gasteiger partial charge in [0.2, 0.25) is 0 Å². The molecular weight excluding hydrogens is 291 g/mol. The number of rotatable bonds is 4. The van der Waals surface area contributed by atoms with Crippen LogP contribution in [-0.2, 0) is 6.54 Å².